The molecule has 114 valence electrons. The molecule has 22 heavy (non-hydrogen) atoms. The van der Waals surface area contributed by atoms with Gasteiger partial charge in [0.05, 0.1) is 0 Å². The lowest BCUT2D eigenvalue weighted by molar-refractivity contribution is -0.124. The molecule has 1 unspecified atom stereocenters. The molecule has 1 aliphatic carbocycles. The Labute approximate surface area is 130 Å². The predicted octanol–water partition coefficient (Wildman–Crippen LogP) is 2.85. The van der Waals surface area contributed by atoms with Crippen molar-refractivity contribution in [1.29, 1.82) is 0 Å². The molecule has 0 aromatic heterocycles. The van der Waals surface area contributed by atoms with Crippen molar-refractivity contribution in [3.05, 3.63) is 53.6 Å². The summed E-state index contributed by atoms with van der Waals surface area (Å²) in [5.41, 5.74) is 3.81. The van der Waals surface area contributed by atoms with Gasteiger partial charge in [0, 0.05) is 43.0 Å². The van der Waals surface area contributed by atoms with Crippen LogP contribution in [0.5, 0.6) is 5.75 Å². The van der Waals surface area contributed by atoms with Gasteiger partial charge < -0.3 is 15.0 Å². The molecule has 0 fully saturated rings. The molecule has 4 nitrogen and oxygen atoms in total. The largest absolute Gasteiger partial charge is 0.481 e. The number of ether oxygens (including phenoxy) is 1. The number of hydrogen-bond acceptors (Lipinski definition) is 3. The van der Waals surface area contributed by atoms with Gasteiger partial charge in [-0.05, 0) is 43.4 Å². The zero-order chi connectivity index (χ0) is 15.7. The average molecular weight is 296 g/mol. The Balaban J connectivity index is 2.03. The minimum Gasteiger partial charge on any atom is -0.481 e. The second-order valence-electron chi connectivity index (χ2n) is 5.59. The number of nitrogens with one attached hydrogen (secondary N) is 1. The zero-order valence-corrected chi connectivity index (χ0v) is 13.1. The van der Waals surface area contributed by atoms with Crippen LogP contribution in [-0.4, -0.2) is 37.6 Å². The summed E-state index contributed by atoms with van der Waals surface area (Å²) in [5, 5.41) is 3.31. The SMILES string of the molecule is CCNc1ccc2c(c1)C1=CC(C(=O)N(C)C)=CC=CC1O2. The number of carbonyl (C=O) groups excluding carboxylic acids is 1. The first-order valence-corrected chi connectivity index (χ1v) is 7.47. The molecule has 2 aliphatic rings. The van der Waals surface area contributed by atoms with Crippen molar-refractivity contribution in [2.75, 3.05) is 26.0 Å². The number of rotatable bonds is 3. The number of hydrogen-bond donors (Lipinski definition) is 1. The van der Waals surface area contributed by atoms with Crippen molar-refractivity contribution in [2.45, 2.75) is 13.0 Å². The van der Waals surface area contributed by atoms with Gasteiger partial charge in [0.1, 0.15) is 11.9 Å². The molecule has 1 atom stereocenters. The Morgan fingerprint density at radius 3 is 2.91 bits per heavy atom. The van der Waals surface area contributed by atoms with Crippen LogP contribution < -0.4 is 10.1 Å². The van der Waals surface area contributed by atoms with E-state index in [1.165, 1.54) is 0 Å². The topological polar surface area (TPSA) is 41.6 Å². The summed E-state index contributed by atoms with van der Waals surface area (Å²) in [6.45, 7) is 2.93. The van der Waals surface area contributed by atoms with E-state index in [9.17, 15) is 4.79 Å². The van der Waals surface area contributed by atoms with E-state index in [4.69, 9.17) is 4.74 Å². The second-order valence-corrected chi connectivity index (χ2v) is 5.59. The van der Waals surface area contributed by atoms with E-state index >= 15 is 0 Å². The van der Waals surface area contributed by atoms with Gasteiger partial charge in [0.15, 0.2) is 0 Å². The lowest BCUT2D eigenvalue weighted by Gasteiger charge is -2.11. The molecule has 0 bridgehead atoms. The fourth-order valence-electron chi connectivity index (χ4n) is 2.70. The fraction of sp³-hybridized carbons (Fsp3) is 0.278. The van der Waals surface area contributed by atoms with Crippen molar-refractivity contribution in [2.24, 2.45) is 0 Å². The molecule has 1 amide bonds. The summed E-state index contributed by atoms with van der Waals surface area (Å²) in [6.07, 6.45) is 7.52. The van der Waals surface area contributed by atoms with Crippen LogP contribution in [0.15, 0.2) is 48.1 Å². The van der Waals surface area contributed by atoms with Crippen LogP contribution in [-0.2, 0) is 4.79 Å². The maximum absolute atomic E-state index is 12.2. The second kappa shape index (κ2) is 5.72. The maximum atomic E-state index is 12.2. The standard InChI is InChI=1S/C18H20N2O2/c1-4-19-13-8-9-17-15(11-13)14-10-12(18(21)20(2)3)6-5-7-16(14)22-17/h5-11,16,19H,4H2,1-3H3. The smallest absolute Gasteiger partial charge is 0.253 e. The number of likely N-dealkylation sites (N-methyl/N-ethyl adjacent to an activating group) is 1. The average Bonchev–Trinajstić information content (AvgIpc) is 2.70. The van der Waals surface area contributed by atoms with E-state index in [0.717, 1.165) is 29.1 Å². The molecule has 1 N–H and O–H groups in total. The van der Waals surface area contributed by atoms with Crippen LogP contribution >= 0.6 is 0 Å². The molecule has 0 saturated carbocycles. The van der Waals surface area contributed by atoms with Crippen LogP contribution in [0.4, 0.5) is 5.69 Å². The van der Waals surface area contributed by atoms with Crippen LogP contribution in [0.25, 0.3) is 5.57 Å². The van der Waals surface area contributed by atoms with E-state index in [2.05, 4.69) is 18.3 Å². The summed E-state index contributed by atoms with van der Waals surface area (Å²) < 4.78 is 5.97. The normalized spacial score (nSPS) is 18.4. The summed E-state index contributed by atoms with van der Waals surface area (Å²) in [5.74, 6) is 0.857. The van der Waals surface area contributed by atoms with Gasteiger partial charge in [-0.15, -0.1) is 0 Å². The highest BCUT2D eigenvalue weighted by molar-refractivity contribution is 6.00. The summed E-state index contributed by atoms with van der Waals surface area (Å²) in [6, 6.07) is 6.08. The van der Waals surface area contributed by atoms with Crippen LogP contribution in [0, 0.1) is 0 Å². The first-order chi connectivity index (χ1) is 10.6. The van der Waals surface area contributed by atoms with Crippen molar-refractivity contribution in [3.8, 4) is 5.75 Å². The highest BCUT2D eigenvalue weighted by Gasteiger charge is 2.29. The van der Waals surface area contributed by atoms with E-state index in [-0.39, 0.29) is 12.0 Å². The summed E-state index contributed by atoms with van der Waals surface area (Å²) in [7, 11) is 3.52. The number of amides is 1. The summed E-state index contributed by atoms with van der Waals surface area (Å²) in [4.78, 5) is 13.8. The van der Waals surface area contributed by atoms with Crippen LogP contribution in [0.1, 0.15) is 12.5 Å². The molecular weight excluding hydrogens is 276 g/mol. The lowest BCUT2D eigenvalue weighted by Crippen LogP contribution is -2.22. The van der Waals surface area contributed by atoms with Gasteiger partial charge in [0.25, 0.3) is 5.91 Å². The van der Waals surface area contributed by atoms with E-state index in [0.29, 0.717) is 5.57 Å². The predicted molar refractivity (Wildman–Crippen MR) is 88.9 cm³/mol. The number of benzene rings is 1. The lowest BCUT2D eigenvalue weighted by atomic mass is 10.00. The number of allylic oxidation sites excluding steroid dienone is 2. The van der Waals surface area contributed by atoms with Crippen molar-refractivity contribution >= 4 is 17.2 Å². The third-order valence-corrected chi connectivity index (χ3v) is 3.76. The Bertz CT molecular complexity index is 699. The fourth-order valence-corrected chi connectivity index (χ4v) is 2.70. The Morgan fingerprint density at radius 1 is 1.36 bits per heavy atom. The first kappa shape index (κ1) is 14.4. The third kappa shape index (κ3) is 2.52. The molecule has 4 heteroatoms. The molecule has 0 saturated heterocycles. The Kier molecular flexibility index (Phi) is 3.75. The highest BCUT2D eigenvalue weighted by atomic mass is 16.5. The molecular formula is C18H20N2O2. The van der Waals surface area contributed by atoms with Crippen LogP contribution in [0.3, 0.4) is 0 Å². The first-order valence-electron chi connectivity index (χ1n) is 7.47. The van der Waals surface area contributed by atoms with Gasteiger partial charge in [-0.25, -0.2) is 0 Å². The Morgan fingerprint density at radius 2 is 2.18 bits per heavy atom. The number of anilines is 1. The minimum absolute atomic E-state index is 0.00547. The molecule has 3 rings (SSSR count). The van der Waals surface area contributed by atoms with Gasteiger partial charge in [-0.2, -0.15) is 0 Å². The number of fused-ring (bicyclic) bond motifs is 3. The molecule has 1 aromatic carbocycles. The van der Waals surface area contributed by atoms with E-state index in [1.54, 1.807) is 19.0 Å². The molecule has 1 aliphatic heterocycles. The number of nitrogens with zero attached hydrogens (tertiary/aromatic N) is 1. The minimum atomic E-state index is -0.129. The highest BCUT2D eigenvalue weighted by Crippen LogP contribution is 2.41. The number of carbonyl (C=O) groups is 1. The van der Waals surface area contributed by atoms with Gasteiger partial charge in [0.2, 0.25) is 0 Å². The maximum Gasteiger partial charge on any atom is 0.253 e. The van der Waals surface area contributed by atoms with Crippen molar-refractivity contribution in [1.82, 2.24) is 4.90 Å². The van der Waals surface area contributed by atoms with Gasteiger partial charge in [-0.3, -0.25) is 4.79 Å². The van der Waals surface area contributed by atoms with Crippen molar-refractivity contribution < 1.29 is 9.53 Å². The molecule has 0 radical (unpaired) electrons. The molecule has 1 heterocycles. The van der Waals surface area contributed by atoms with E-state index < -0.39 is 0 Å². The van der Waals surface area contributed by atoms with Gasteiger partial charge in [-0.1, -0.05) is 6.08 Å². The Hall–Kier alpha value is -2.49. The summed E-state index contributed by atoms with van der Waals surface area (Å²) >= 11 is 0. The quantitative estimate of drug-likeness (QED) is 0.932. The third-order valence-electron chi connectivity index (χ3n) is 3.76. The van der Waals surface area contributed by atoms with Crippen LogP contribution in [0.2, 0.25) is 0 Å². The van der Waals surface area contributed by atoms with E-state index in [1.807, 2.05) is 36.4 Å². The van der Waals surface area contributed by atoms with Gasteiger partial charge >= 0.3 is 0 Å². The molecule has 0 spiro atoms. The molecule has 1 aromatic rings. The monoisotopic (exact) mass is 296 g/mol. The zero-order valence-electron chi connectivity index (χ0n) is 13.1. The van der Waals surface area contributed by atoms with Crippen molar-refractivity contribution in [3.63, 3.8) is 0 Å².